The highest BCUT2D eigenvalue weighted by molar-refractivity contribution is 7.98. The molecule has 4 amide bonds. The van der Waals surface area contributed by atoms with E-state index in [4.69, 9.17) is 15.2 Å². The molecule has 55 heavy (non-hydrogen) atoms. The number of hydrogen-bond acceptors (Lipinski definition) is 11. The number of halogens is 1. The van der Waals surface area contributed by atoms with Crippen molar-refractivity contribution in [1.82, 2.24) is 21.3 Å². The van der Waals surface area contributed by atoms with Crippen molar-refractivity contribution >= 4 is 59.9 Å². The van der Waals surface area contributed by atoms with Crippen LogP contribution in [0.1, 0.15) is 62.6 Å². The van der Waals surface area contributed by atoms with Crippen LogP contribution in [0.5, 0.6) is 5.75 Å². The van der Waals surface area contributed by atoms with Crippen molar-refractivity contribution in [2.24, 2.45) is 11.7 Å². The van der Waals surface area contributed by atoms with Crippen LogP contribution in [0.2, 0.25) is 0 Å². The Labute approximate surface area is 334 Å². The molecule has 2 aromatic rings. The SMILES string of the molecule is COC(=O)CCCCCNC(=O)[C@H](Cc1ccccc1)NC(=O)CNC(=O)[C@@H](CCSC)NC(=O)C(N)Cc1ccc(OC(=O)OCC(C)C)cc1C.Cl.O. The molecule has 2 rings (SSSR count). The Balaban J connectivity index is 0.0000146. The first-order valence-corrected chi connectivity index (χ1v) is 19.2. The van der Waals surface area contributed by atoms with Crippen LogP contribution >= 0.6 is 24.2 Å². The number of rotatable bonds is 23. The summed E-state index contributed by atoms with van der Waals surface area (Å²) in [7, 11) is 1.34. The summed E-state index contributed by atoms with van der Waals surface area (Å²) in [6, 6.07) is 11.3. The number of esters is 1. The van der Waals surface area contributed by atoms with Gasteiger partial charge in [0.1, 0.15) is 17.8 Å². The number of hydrogen-bond donors (Lipinski definition) is 5. The topological polar surface area (TPSA) is 236 Å². The quantitative estimate of drug-likeness (QED) is 0.0622. The predicted octanol–water partition coefficient (Wildman–Crippen LogP) is 2.56. The first kappa shape index (κ1) is 50.6. The molecule has 0 fully saturated rings. The van der Waals surface area contributed by atoms with E-state index in [1.54, 1.807) is 25.1 Å². The number of ether oxygens (including phenoxy) is 3. The molecule has 2 aromatic carbocycles. The van der Waals surface area contributed by atoms with Crippen molar-refractivity contribution < 1.29 is 48.5 Å². The van der Waals surface area contributed by atoms with Gasteiger partial charge in [-0.3, -0.25) is 24.0 Å². The van der Waals surface area contributed by atoms with E-state index < -0.39 is 48.5 Å². The first-order chi connectivity index (χ1) is 25.3. The molecule has 1 unspecified atom stereocenters. The molecule has 0 spiro atoms. The number of carbonyl (C=O) groups is 6. The lowest BCUT2D eigenvalue weighted by Crippen LogP contribution is -2.54. The zero-order valence-electron chi connectivity index (χ0n) is 32.3. The molecule has 0 aliphatic heterocycles. The molecule has 0 saturated carbocycles. The Kier molecular flexibility index (Phi) is 25.9. The number of methoxy groups -OCH3 is 1. The Morgan fingerprint density at radius 2 is 1.55 bits per heavy atom. The third-order valence-electron chi connectivity index (χ3n) is 8.01. The molecule has 0 bridgehead atoms. The minimum atomic E-state index is -0.991. The molecule has 0 heterocycles. The summed E-state index contributed by atoms with van der Waals surface area (Å²) in [5.41, 5.74) is 8.60. The van der Waals surface area contributed by atoms with E-state index in [0.29, 0.717) is 43.7 Å². The first-order valence-electron chi connectivity index (χ1n) is 17.8. The summed E-state index contributed by atoms with van der Waals surface area (Å²) < 4.78 is 14.9. The van der Waals surface area contributed by atoms with Gasteiger partial charge in [-0.15, -0.1) is 12.4 Å². The van der Waals surface area contributed by atoms with Gasteiger partial charge in [-0.2, -0.15) is 11.8 Å². The van der Waals surface area contributed by atoms with Crippen LogP contribution < -0.4 is 31.7 Å². The maximum Gasteiger partial charge on any atom is 0.513 e. The number of nitrogens with two attached hydrogens (primary N) is 1. The molecule has 15 nitrogen and oxygen atoms in total. The smallest absolute Gasteiger partial charge is 0.469 e. The fourth-order valence-electron chi connectivity index (χ4n) is 5.04. The van der Waals surface area contributed by atoms with E-state index >= 15 is 0 Å². The lowest BCUT2D eigenvalue weighted by Gasteiger charge is -2.22. The summed E-state index contributed by atoms with van der Waals surface area (Å²) in [5, 5.41) is 10.9. The van der Waals surface area contributed by atoms with Crippen LogP contribution in [-0.2, 0) is 46.3 Å². The van der Waals surface area contributed by atoms with Crippen LogP contribution in [0, 0.1) is 12.8 Å². The van der Waals surface area contributed by atoms with Gasteiger partial charge in [0.15, 0.2) is 0 Å². The molecule has 17 heteroatoms. The van der Waals surface area contributed by atoms with Gasteiger partial charge in [0.05, 0.1) is 26.3 Å². The second-order valence-corrected chi connectivity index (χ2v) is 14.0. The van der Waals surface area contributed by atoms with Gasteiger partial charge < -0.3 is 46.7 Å². The number of amides is 4. The van der Waals surface area contributed by atoms with E-state index in [1.165, 1.54) is 18.9 Å². The van der Waals surface area contributed by atoms with E-state index in [1.807, 2.05) is 50.4 Å². The monoisotopic (exact) mass is 811 g/mol. The van der Waals surface area contributed by atoms with Gasteiger partial charge in [0.25, 0.3) is 0 Å². The van der Waals surface area contributed by atoms with E-state index in [-0.39, 0.29) is 55.1 Å². The van der Waals surface area contributed by atoms with Gasteiger partial charge in [-0.05, 0) is 79.4 Å². The number of carbonyl (C=O) groups excluding carboxylic acids is 6. The highest BCUT2D eigenvalue weighted by atomic mass is 35.5. The van der Waals surface area contributed by atoms with Crippen LogP contribution in [0.3, 0.4) is 0 Å². The third-order valence-corrected chi connectivity index (χ3v) is 8.66. The van der Waals surface area contributed by atoms with Crippen LogP contribution in [0.15, 0.2) is 48.5 Å². The number of aryl methyl sites for hydroxylation is 1. The van der Waals surface area contributed by atoms with E-state index in [2.05, 4.69) is 26.0 Å². The molecule has 8 N–H and O–H groups in total. The Hall–Kier alpha value is -4.38. The van der Waals surface area contributed by atoms with Crippen molar-refractivity contribution in [3.63, 3.8) is 0 Å². The zero-order valence-corrected chi connectivity index (χ0v) is 33.9. The number of nitrogens with one attached hydrogen (secondary N) is 4. The second-order valence-electron chi connectivity index (χ2n) is 13.0. The second kappa shape index (κ2) is 28.1. The average Bonchev–Trinajstić information content (AvgIpc) is 3.13. The Morgan fingerprint density at radius 1 is 0.855 bits per heavy atom. The maximum atomic E-state index is 13.2. The van der Waals surface area contributed by atoms with E-state index in [9.17, 15) is 28.8 Å². The molecule has 0 saturated heterocycles. The van der Waals surface area contributed by atoms with Gasteiger partial charge in [0.2, 0.25) is 23.6 Å². The molecule has 3 atom stereocenters. The molecule has 0 aliphatic rings. The third kappa shape index (κ3) is 20.8. The summed E-state index contributed by atoms with van der Waals surface area (Å²) in [6.07, 6.45) is 4.07. The predicted molar refractivity (Wildman–Crippen MR) is 214 cm³/mol. The fraction of sp³-hybridized carbons (Fsp3) is 0.526. The molecule has 308 valence electrons. The van der Waals surface area contributed by atoms with Gasteiger partial charge in [-0.25, -0.2) is 4.79 Å². The van der Waals surface area contributed by atoms with Crippen molar-refractivity contribution in [3.05, 3.63) is 65.2 Å². The molecule has 0 aromatic heterocycles. The number of thioether (sulfide) groups is 1. The van der Waals surface area contributed by atoms with Crippen molar-refractivity contribution in [1.29, 1.82) is 0 Å². The highest BCUT2D eigenvalue weighted by Gasteiger charge is 2.26. The molecule has 0 radical (unpaired) electrons. The number of benzene rings is 2. The zero-order chi connectivity index (χ0) is 39.2. The Bertz CT molecular complexity index is 1500. The van der Waals surface area contributed by atoms with Crippen LogP contribution in [0.4, 0.5) is 4.79 Å². The number of unbranched alkanes of at least 4 members (excludes halogenated alkanes) is 2. The summed E-state index contributed by atoms with van der Waals surface area (Å²) >= 11 is 1.50. The fourth-order valence-corrected chi connectivity index (χ4v) is 5.51. The van der Waals surface area contributed by atoms with Gasteiger partial charge >= 0.3 is 12.1 Å². The minimum Gasteiger partial charge on any atom is -0.469 e. The minimum absolute atomic E-state index is 0. The van der Waals surface area contributed by atoms with Crippen molar-refractivity contribution in [2.45, 2.75) is 83.8 Å². The summed E-state index contributed by atoms with van der Waals surface area (Å²) in [6.45, 7) is 5.82. The van der Waals surface area contributed by atoms with Crippen LogP contribution in [-0.4, -0.2) is 98.2 Å². The maximum absolute atomic E-state index is 13.2. The van der Waals surface area contributed by atoms with Gasteiger partial charge in [0, 0.05) is 19.4 Å². The molecule has 0 aliphatic carbocycles. The summed E-state index contributed by atoms with van der Waals surface area (Å²) in [5.74, 6) is -1.31. The molecular weight excluding hydrogens is 754 g/mol. The lowest BCUT2D eigenvalue weighted by atomic mass is 10.0. The van der Waals surface area contributed by atoms with Crippen LogP contribution in [0.25, 0.3) is 0 Å². The highest BCUT2D eigenvalue weighted by Crippen LogP contribution is 2.19. The lowest BCUT2D eigenvalue weighted by molar-refractivity contribution is -0.140. The summed E-state index contributed by atoms with van der Waals surface area (Å²) in [4.78, 5) is 75.7. The Morgan fingerprint density at radius 3 is 2.18 bits per heavy atom. The normalized spacial score (nSPS) is 12.1. The average molecular weight is 812 g/mol. The van der Waals surface area contributed by atoms with Crippen molar-refractivity contribution in [3.8, 4) is 5.75 Å². The largest absolute Gasteiger partial charge is 0.513 e. The van der Waals surface area contributed by atoms with Crippen molar-refractivity contribution in [2.75, 3.05) is 38.8 Å². The molecular formula is C38H58ClN5O10S. The van der Waals surface area contributed by atoms with Gasteiger partial charge in [-0.1, -0.05) is 56.7 Å². The van der Waals surface area contributed by atoms with E-state index in [0.717, 1.165) is 23.1 Å². The standard InChI is InChI=1S/C38H55N5O9S.ClH.H2O/c1-25(2)24-51-38(49)52-29-16-15-28(26(3)20-29)22-30(39)35(46)43-31(17-19-53-5)36(47)41-23-33(44)42-32(21-27-12-8-6-9-13-27)37(48)40-18-11-7-10-14-34(45)50-4;;/h6,8-9,12-13,15-16,20,25,30-32H,7,10-11,14,17-19,21-24,39H2,1-5H3,(H,40,48)(H,41,47)(H,42,44)(H,43,46);1H;1H2/t30?,31-,32+;;/m1../s1.